The molecule has 3 heterocycles. The fraction of sp³-hybridized carbons (Fsp3) is 0. The number of hydrogen-bond acceptors (Lipinski definition) is 1. The molecule has 0 fully saturated rings. The van der Waals surface area contributed by atoms with Gasteiger partial charge in [0.25, 0.3) is 0 Å². The van der Waals surface area contributed by atoms with E-state index in [1.807, 2.05) is 11.3 Å². The maximum Gasteiger partial charge on any atom is 0.0547 e. The van der Waals surface area contributed by atoms with Crippen LogP contribution in [0.15, 0.2) is 182 Å². The Balaban J connectivity index is 1.10. The SMILES string of the molecule is c1ccc(-c2cccc(-n3c4ccccc4c4cc(-c5ccc6c7ccccc7n(-c7ccc8sc9ccccc9c8c7)c6c5)ccc43)c2)cc1. The standard InChI is InChI=1S/C48H30N2S/c1-2-11-31(12-3-1)32-13-10-14-35(27-32)49-44-19-8-5-16-38(44)41-28-33(22-25-45(41)49)34-21-24-39-37-15-4-7-18-43(37)50(46(39)29-34)36-23-26-48-42(30-36)40-17-6-9-20-47(40)51-48/h1-30H. The highest BCUT2D eigenvalue weighted by molar-refractivity contribution is 7.25. The van der Waals surface area contributed by atoms with Crippen LogP contribution in [0, 0.1) is 0 Å². The third-order valence-electron chi connectivity index (χ3n) is 10.5. The molecule has 3 heteroatoms. The molecule has 0 spiro atoms. The first-order valence-electron chi connectivity index (χ1n) is 17.4. The second-order valence-corrected chi connectivity index (χ2v) is 14.4. The molecule has 0 amide bonds. The minimum absolute atomic E-state index is 1.16. The third kappa shape index (κ3) is 4.35. The smallest absolute Gasteiger partial charge is 0.0547 e. The molecule has 0 aliphatic heterocycles. The zero-order valence-electron chi connectivity index (χ0n) is 27.6. The minimum atomic E-state index is 1.16. The average molecular weight is 667 g/mol. The Morgan fingerprint density at radius 1 is 0.275 bits per heavy atom. The topological polar surface area (TPSA) is 9.86 Å². The van der Waals surface area contributed by atoms with Crippen LogP contribution in [0.1, 0.15) is 0 Å². The van der Waals surface area contributed by atoms with E-state index in [0.717, 1.165) is 5.69 Å². The quantitative estimate of drug-likeness (QED) is 0.177. The van der Waals surface area contributed by atoms with E-state index in [9.17, 15) is 0 Å². The van der Waals surface area contributed by atoms with Crippen molar-refractivity contribution in [2.75, 3.05) is 0 Å². The van der Waals surface area contributed by atoms with Crippen LogP contribution in [0.5, 0.6) is 0 Å². The molecule has 11 aromatic rings. The fourth-order valence-electron chi connectivity index (χ4n) is 8.17. The number of thiophene rings is 1. The third-order valence-corrected chi connectivity index (χ3v) is 11.7. The molecule has 0 radical (unpaired) electrons. The fourth-order valence-corrected chi connectivity index (χ4v) is 9.25. The summed E-state index contributed by atoms with van der Waals surface area (Å²) >= 11 is 1.86. The van der Waals surface area contributed by atoms with Crippen LogP contribution < -0.4 is 0 Å². The lowest BCUT2D eigenvalue weighted by Crippen LogP contribution is -1.94. The van der Waals surface area contributed by atoms with Gasteiger partial charge in [0, 0.05) is 53.1 Å². The van der Waals surface area contributed by atoms with E-state index in [4.69, 9.17) is 0 Å². The van der Waals surface area contributed by atoms with Gasteiger partial charge in [0.05, 0.1) is 22.1 Å². The number of fused-ring (bicyclic) bond motifs is 9. The summed E-state index contributed by atoms with van der Waals surface area (Å²) in [4.78, 5) is 0. The Kier molecular flexibility index (Phi) is 6.16. The van der Waals surface area contributed by atoms with Crippen molar-refractivity contribution in [3.05, 3.63) is 182 Å². The summed E-state index contributed by atoms with van der Waals surface area (Å²) in [6.45, 7) is 0. The van der Waals surface area contributed by atoms with E-state index < -0.39 is 0 Å². The molecule has 11 rings (SSSR count). The van der Waals surface area contributed by atoms with Gasteiger partial charge in [-0.15, -0.1) is 11.3 Å². The van der Waals surface area contributed by atoms with Crippen LogP contribution in [0.25, 0.3) is 97.4 Å². The monoisotopic (exact) mass is 666 g/mol. The Bertz CT molecular complexity index is 3140. The molecular weight excluding hydrogens is 637 g/mol. The highest BCUT2D eigenvalue weighted by Gasteiger charge is 2.17. The Labute approximate surface area is 298 Å². The van der Waals surface area contributed by atoms with E-state index in [2.05, 4.69) is 191 Å². The molecule has 0 aliphatic carbocycles. The molecule has 0 unspecified atom stereocenters. The molecule has 8 aromatic carbocycles. The Morgan fingerprint density at radius 2 is 0.843 bits per heavy atom. The summed E-state index contributed by atoms with van der Waals surface area (Å²) < 4.78 is 7.51. The molecule has 0 saturated heterocycles. The first-order chi connectivity index (χ1) is 25.3. The summed E-state index contributed by atoms with van der Waals surface area (Å²) in [5, 5.41) is 7.67. The first-order valence-corrected chi connectivity index (χ1v) is 18.2. The van der Waals surface area contributed by atoms with Crippen LogP contribution >= 0.6 is 11.3 Å². The van der Waals surface area contributed by atoms with Gasteiger partial charge >= 0.3 is 0 Å². The summed E-state index contributed by atoms with van der Waals surface area (Å²) in [6, 6.07) is 66.7. The normalized spacial score (nSPS) is 11.9. The van der Waals surface area contributed by atoms with Gasteiger partial charge in [0.15, 0.2) is 0 Å². The van der Waals surface area contributed by atoms with E-state index in [1.54, 1.807) is 0 Å². The van der Waals surface area contributed by atoms with E-state index in [0.29, 0.717) is 0 Å². The summed E-state index contributed by atoms with van der Waals surface area (Å²) in [6.07, 6.45) is 0. The molecule has 51 heavy (non-hydrogen) atoms. The maximum atomic E-state index is 2.45. The summed E-state index contributed by atoms with van der Waals surface area (Å²) in [7, 11) is 0. The lowest BCUT2D eigenvalue weighted by molar-refractivity contribution is 1.18. The van der Waals surface area contributed by atoms with Crippen molar-refractivity contribution in [3.63, 3.8) is 0 Å². The van der Waals surface area contributed by atoms with Crippen molar-refractivity contribution in [1.82, 2.24) is 9.13 Å². The number of para-hydroxylation sites is 2. The van der Waals surface area contributed by atoms with Crippen LogP contribution in [0.3, 0.4) is 0 Å². The highest BCUT2D eigenvalue weighted by atomic mass is 32.1. The van der Waals surface area contributed by atoms with Gasteiger partial charge in [-0.25, -0.2) is 0 Å². The lowest BCUT2D eigenvalue weighted by atomic mass is 10.0. The zero-order valence-corrected chi connectivity index (χ0v) is 28.4. The molecule has 238 valence electrons. The molecular formula is C48H30N2S. The zero-order chi connectivity index (χ0) is 33.5. The molecule has 0 atom stereocenters. The van der Waals surface area contributed by atoms with Crippen molar-refractivity contribution in [2.24, 2.45) is 0 Å². The molecule has 0 aliphatic rings. The van der Waals surface area contributed by atoms with Gasteiger partial charge in [-0.1, -0.05) is 115 Å². The number of benzene rings is 8. The Morgan fingerprint density at radius 3 is 1.69 bits per heavy atom. The largest absolute Gasteiger partial charge is 0.309 e. The molecule has 2 nitrogen and oxygen atoms in total. The number of nitrogens with zero attached hydrogens (tertiary/aromatic N) is 2. The summed E-state index contributed by atoms with van der Waals surface area (Å²) in [5.74, 6) is 0. The van der Waals surface area contributed by atoms with Gasteiger partial charge in [0.1, 0.15) is 0 Å². The number of hydrogen-bond donors (Lipinski definition) is 0. The summed E-state index contributed by atoms with van der Waals surface area (Å²) in [5.41, 5.74) is 12.1. The second-order valence-electron chi connectivity index (χ2n) is 13.4. The Hall–Kier alpha value is -6.42. The van der Waals surface area contributed by atoms with Crippen LogP contribution in [0.2, 0.25) is 0 Å². The van der Waals surface area contributed by atoms with Crippen molar-refractivity contribution in [1.29, 1.82) is 0 Å². The predicted octanol–water partition coefficient (Wildman–Crippen LogP) is 13.6. The predicted molar refractivity (Wildman–Crippen MR) is 219 cm³/mol. The minimum Gasteiger partial charge on any atom is -0.309 e. The van der Waals surface area contributed by atoms with E-state index in [1.165, 1.54) is 91.7 Å². The molecule has 0 bridgehead atoms. The van der Waals surface area contributed by atoms with Gasteiger partial charge in [0.2, 0.25) is 0 Å². The maximum absolute atomic E-state index is 2.45. The molecule has 3 aromatic heterocycles. The molecule has 0 saturated carbocycles. The van der Waals surface area contributed by atoms with Gasteiger partial charge in [-0.05, 0) is 89.0 Å². The van der Waals surface area contributed by atoms with Gasteiger partial charge in [-0.3, -0.25) is 0 Å². The van der Waals surface area contributed by atoms with E-state index >= 15 is 0 Å². The van der Waals surface area contributed by atoms with Crippen LogP contribution in [-0.4, -0.2) is 9.13 Å². The van der Waals surface area contributed by atoms with Crippen LogP contribution in [0.4, 0.5) is 0 Å². The van der Waals surface area contributed by atoms with Crippen LogP contribution in [-0.2, 0) is 0 Å². The van der Waals surface area contributed by atoms with Gasteiger partial charge < -0.3 is 9.13 Å². The van der Waals surface area contributed by atoms with E-state index in [-0.39, 0.29) is 0 Å². The number of rotatable bonds is 4. The molecule has 0 N–H and O–H groups in total. The first kappa shape index (κ1) is 28.4. The van der Waals surface area contributed by atoms with Crippen molar-refractivity contribution >= 4 is 75.1 Å². The number of aromatic nitrogens is 2. The average Bonchev–Trinajstić information content (AvgIpc) is 3.85. The van der Waals surface area contributed by atoms with Crippen molar-refractivity contribution < 1.29 is 0 Å². The van der Waals surface area contributed by atoms with Crippen molar-refractivity contribution in [2.45, 2.75) is 0 Å². The second kappa shape index (κ2) is 11.0. The van der Waals surface area contributed by atoms with Crippen molar-refractivity contribution in [3.8, 4) is 33.6 Å². The van der Waals surface area contributed by atoms with Gasteiger partial charge in [-0.2, -0.15) is 0 Å². The lowest BCUT2D eigenvalue weighted by Gasteiger charge is -2.11. The highest BCUT2D eigenvalue weighted by Crippen LogP contribution is 2.40.